The number of nitrogens with zero attached hydrogens (tertiary/aromatic N) is 2. The first-order valence-corrected chi connectivity index (χ1v) is 7.12. The van der Waals surface area contributed by atoms with Gasteiger partial charge in [-0.05, 0) is 38.0 Å². The molecule has 20 heavy (non-hydrogen) atoms. The van der Waals surface area contributed by atoms with Gasteiger partial charge in [0.05, 0.1) is 11.1 Å². The molecule has 0 atom stereocenters. The van der Waals surface area contributed by atoms with Gasteiger partial charge in [0.25, 0.3) is 0 Å². The summed E-state index contributed by atoms with van der Waals surface area (Å²) >= 11 is 6.20. The van der Waals surface area contributed by atoms with E-state index in [4.69, 9.17) is 20.9 Å². The van der Waals surface area contributed by atoms with E-state index in [1.807, 2.05) is 26.0 Å². The molecule has 2 rings (SSSR count). The van der Waals surface area contributed by atoms with Gasteiger partial charge in [-0.2, -0.15) is 4.98 Å². The Morgan fingerprint density at radius 1 is 1.25 bits per heavy atom. The molecule has 0 unspecified atom stereocenters. The van der Waals surface area contributed by atoms with E-state index in [9.17, 15) is 0 Å². The average Bonchev–Trinajstić information content (AvgIpc) is 2.78. The quantitative estimate of drug-likeness (QED) is 0.821. The van der Waals surface area contributed by atoms with E-state index >= 15 is 0 Å². The molecule has 1 aromatic carbocycles. The standard InChI is InChI=1S/C15H19ClN2O2/c1-9(2)7-14-17-15(18-20-14)11-5-6-13(12(16)8-11)19-10(3)4/h5-6,8-10H,7H2,1-4H3. The number of hydrogen-bond acceptors (Lipinski definition) is 4. The monoisotopic (exact) mass is 294 g/mol. The van der Waals surface area contributed by atoms with Crippen molar-refractivity contribution in [3.8, 4) is 17.1 Å². The van der Waals surface area contributed by atoms with Crippen molar-refractivity contribution in [2.45, 2.75) is 40.2 Å². The minimum Gasteiger partial charge on any atom is -0.489 e. The second-order valence-corrected chi connectivity index (χ2v) is 5.83. The summed E-state index contributed by atoms with van der Waals surface area (Å²) in [7, 11) is 0. The predicted octanol–water partition coefficient (Wildman–Crippen LogP) is 4.38. The van der Waals surface area contributed by atoms with Crippen molar-refractivity contribution < 1.29 is 9.26 Å². The molecule has 0 saturated heterocycles. The third kappa shape index (κ3) is 3.73. The van der Waals surface area contributed by atoms with E-state index in [0.717, 1.165) is 12.0 Å². The molecule has 0 fully saturated rings. The van der Waals surface area contributed by atoms with Gasteiger partial charge < -0.3 is 9.26 Å². The van der Waals surface area contributed by atoms with Crippen LogP contribution >= 0.6 is 11.6 Å². The van der Waals surface area contributed by atoms with E-state index in [2.05, 4.69) is 24.0 Å². The second kappa shape index (κ2) is 6.27. The molecule has 0 saturated carbocycles. The molecule has 0 aliphatic heterocycles. The van der Waals surface area contributed by atoms with E-state index in [1.165, 1.54) is 0 Å². The smallest absolute Gasteiger partial charge is 0.227 e. The molecule has 2 aromatic rings. The molecular formula is C15H19ClN2O2. The first-order valence-electron chi connectivity index (χ1n) is 6.75. The lowest BCUT2D eigenvalue weighted by Gasteiger charge is -2.11. The van der Waals surface area contributed by atoms with Crippen LogP contribution in [0.25, 0.3) is 11.4 Å². The molecule has 0 bridgehead atoms. The van der Waals surface area contributed by atoms with Crippen LogP contribution in [0, 0.1) is 5.92 Å². The summed E-state index contributed by atoms with van der Waals surface area (Å²) in [6.45, 7) is 8.14. The Morgan fingerprint density at radius 3 is 2.60 bits per heavy atom. The highest BCUT2D eigenvalue weighted by atomic mass is 35.5. The number of aromatic nitrogens is 2. The molecule has 5 heteroatoms. The number of halogens is 1. The van der Waals surface area contributed by atoms with Crippen LogP contribution in [-0.2, 0) is 6.42 Å². The van der Waals surface area contributed by atoms with Crippen LogP contribution < -0.4 is 4.74 Å². The Morgan fingerprint density at radius 2 is 2.00 bits per heavy atom. The van der Waals surface area contributed by atoms with Crippen LogP contribution in [0.4, 0.5) is 0 Å². The van der Waals surface area contributed by atoms with Gasteiger partial charge in [0.2, 0.25) is 11.7 Å². The summed E-state index contributed by atoms with van der Waals surface area (Å²) in [5, 5.41) is 4.53. The lowest BCUT2D eigenvalue weighted by Crippen LogP contribution is -2.05. The van der Waals surface area contributed by atoms with Crippen LogP contribution in [0.15, 0.2) is 22.7 Å². The number of ether oxygens (including phenoxy) is 1. The predicted molar refractivity (Wildman–Crippen MR) is 79.1 cm³/mol. The molecule has 0 amide bonds. The maximum Gasteiger partial charge on any atom is 0.227 e. The fraction of sp³-hybridized carbons (Fsp3) is 0.467. The van der Waals surface area contributed by atoms with Gasteiger partial charge in [-0.25, -0.2) is 0 Å². The average molecular weight is 295 g/mol. The molecule has 1 heterocycles. The van der Waals surface area contributed by atoms with E-state index in [0.29, 0.717) is 28.4 Å². The Hall–Kier alpha value is -1.55. The third-order valence-electron chi connectivity index (χ3n) is 2.60. The maximum absolute atomic E-state index is 6.20. The van der Waals surface area contributed by atoms with E-state index < -0.39 is 0 Å². The first-order chi connectivity index (χ1) is 9.45. The van der Waals surface area contributed by atoms with Gasteiger partial charge in [0.15, 0.2) is 0 Å². The van der Waals surface area contributed by atoms with Crippen molar-refractivity contribution in [2.24, 2.45) is 5.92 Å². The molecule has 4 nitrogen and oxygen atoms in total. The molecule has 0 aliphatic rings. The molecule has 0 radical (unpaired) electrons. The van der Waals surface area contributed by atoms with Crippen LogP contribution in [0.3, 0.4) is 0 Å². The summed E-state index contributed by atoms with van der Waals surface area (Å²) in [5.74, 6) is 2.34. The lowest BCUT2D eigenvalue weighted by molar-refractivity contribution is 0.242. The first kappa shape index (κ1) is 14.9. The summed E-state index contributed by atoms with van der Waals surface area (Å²) in [6, 6.07) is 5.51. The Kier molecular flexibility index (Phi) is 4.65. The molecule has 1 aromatic heterocycles. The van der Waals surface area contributed by atoms with Crippen LogP contribution in [-0.4, -0.2) is 16.2 Å². The fourth-order valence-corrected chi connectivity index (χ4v) is 2.02. The Labute approximate surface area is 124 Å². The summed E-state index contributed by atoms with van der Waals surface area (Å²) in [4.78, 5) is 4.38. The van der Waals surface area contributed by atoms with Crippen molar-refractivity contribution in [3.63, 3.8) is 0 Å². The van der Waals surface area contributed by atoms with Gasteiger partial charge in [0.1, 0.15) is 5.75 Å². The number of rotatable bonds is 5. The van der Waals surface area contributed by atoms with Crippen molar-refractivity contribution in [1.29, 1.82) is 0 Å². The molecule has 108 valence electrons. The van der Waals surface area contributed by atoms with Gasteiger partial charge in [0, 0.05) is 12.0 Å². The zero-order chi connectivity index (χ0) is 14.7. The van der Waals surface area contributed by atoms with Gasteiger partial charge in [-0.15, -0.1) is 0 Å². The zero-order valence-corrected chi connectivity index (χ0v) is 12.9. The highest BCUT2D eigenvalue weighted by molar-refractivity contribution is 6.32. The SMILES string of the molecule is CC(C)Cc1nc(-c2ccc(OC(C)C)c(Cl)c2)no1. The maximum atomic E-state index is 6.20. The fourth-order valence-electron chi connectivity index (χ4n) is 1.79. The van der Waals surface area contributed by atoms with Crippen LogP contribution in [0.5, 0.6) is 5.75 Å². The lowest BCUT2D eigenvalue weighted by atomic mass is 10.1. The van der Waals surface area contributed by atoms with Gasteiger partial charge in [-0.1, -0.05) is 30.6 Å². The highest BCUT2D eigenvalue weighted by Crippen LogP contribution is 2.30. The summed E-state index contributed by atoms with van der Waals surface area (Å²) < 4.78 is 10.8. The molecule has 0 aliphatic carbocycles. The zero-order valence-electron chi connectivity index (χ0n) is 12.2. The minimum absolute atomic E-state index is 0.0844. The van der Waals surface area contributed by atoms with Gasteiger partial charge >= 0.3 is 0 Å². The Bertz CT molecular complexity index is 579. The van der Waals surface area contributed by atoms with Crippen molar-refractivity contribution in [1.82, 2.24) is 10.1 Å². The van der Waals surface area contributed by atoms with Crippen molar-refractivity contribution >= 4 is 11.6 Å². The minimum atomic E-state index is 0.0844. The van der Waals surface area contributed by atoms with Crippen molar-refractivity contribution in [3.05, 3.63) is 29.1 Å². The van der Waals surface area contributed by atoms with Gasteiger partial charge in [-0.3, -0.25) is 0 Å². The highest BCUT2D eigenvalue weighted by Gasteiger charge is 2.12. The van der Waals surface area contributed by atoms with E-state index in [1.54, 1.807) is 6.07 Å². The van der Waals surface area contributed by atoms with E-state index in [-0.39, 0.29) is 6.10 Å². The Balaban J connectivity index is 2.20. The van der Waals surface area contributed by atoms with Crippen molar-refractivity contribution in [2.75, 3.05) is 0 Å². The van der Waals surface area contributed by atoms with Crippen LogP contribution in [0.2, 0.25) is 5.02 Å². The molecule has 0 N–H and O–H groups in total. The normalized spacial score (nSPS) is 11.3. The summed E-state index contributed by atoms with van der Waals surface area (Å²) in [5.41, 5.74) is 0.824. The van der Waals surface area contributed by atoms with Crippen LogP contribution in [0.1, 0.15) is 33.6 Å². The largest absolute Gasteiger partial charge is 0.489 e. The molecule has 0 spiro atoms. The molecular weight excluding hydrogens is 276 g/mol. The summed E-state index contributed by atoms with van der Waals surface area (Å²) in [6.07, 6.45) is 0.858. The number of hydrogen-bond donors (Lipinski definition) is 0. The topological polar surface area (TPSA) is 48.2 Å². The third-order valence-corrected chi connectivity index (χ3v) is 2.90. The second-order valence-electron chi connectivity index (χ2n) is 5.42. The number of benzene rings is 1.